The van der Waals surface area contributed by atoms with Crippen molar-refractivity contribution in [3.05, 3.63) is 23.8 Å². The lowest BCUT2D eigenvalue weighted by atomic mass is 10.0. The average Bonchev–Trinajstić information content (AvgIpc) is 2.90. The van der Waals surface area contributed by atoms with Gasteiger partial charge in [0.25, 0.3) is 0 Å². The molecular weight excluding hydrogens is 266 g/mol. The Labute approximate surface area is 127 Å². The largest absolute Gasteiger partial charge is 0.493 e. The second-order valence-electron chi connectivity index (χ2n) is 6.04. The van der Waals surface area contributed by atoms with Crippen LogP contribution in [0.1, 0.15) is 31.7 Å². The molecule has 0 heterocycles. The van der Waals surface area contributed by atoms with E-state index in [-0.39, 0.29) is 6.10 Å². The molecule has 3 atom stereocenters. The molecular formula is C17H27NO3. The minimum Gasteiger partial charge on any atom is -0.493 e. The zero-order chi connectivity index (χ0) is 15.2. The lowest BCUT2D eigenvalue weighted by Gasteiger charge is -2.18. The van der Waals surface area contributed by atoms with Crippen LogP contribution in [0, 0.1) is 5.92 Å². The number of methoxy groups -OCH3 is 2. The maximum atomic E-state index is 9.55. The molecule has 3 unspecified atom stereocenters. The summed E-state index contributed by atoms with van der Waals surface area (Å²) >= 11 is 0. The number of aliphatic hydroxyl groups is 1. The van der Waals surface area contributed by atoms with E-state index in [4.69, 9.17) is 9.47 Å². The van der Waals surface area contributed by atoms with E-state index in [0.29, 0.717) is 12.0 Å². The second-order valence-corrected chi connectivity index (χ2v) is 6.04. The molecule has 0 amide bonds. The Hall–Kier alpha value is -1.26. The van der Waals surface area contributed by atoms with Gasteiger partial charge in [-0.15, -0.1) is 0 Å². The molecule has 1 aliphatic rings. The maximum Gasteiger partial charge on any atom is 0.160 e. The molecule has 0 aliphatic heterocycles. The molecule has 1 fully saturated rings. The van der Waals surface area contributed by atoms with Crippen LogP contribution in [0.2, 0.25) is 0 Å². The molecule has 0 aromatic heterocycles. The topological polar surface area (TPSA) is 50.7 Å². The summed E-state index contributed by atoms with van der Waals surface area (Å²) in [5.74, 6) is 2.16. The summed E-state index contributed by atoms with van der Waals surface area (Å²) in [6, 6.07) is 6.48. The molecule has 1 aromatic carbocycles. The predicted molar refractivity (Wildman–Crippen MR) is 84.1 cm³/mol. The van der Waals surface area contributed by atoms with Crippen LogP contribution < -0.4 is 14.8 Å². The minimum absolute atomic E-state index is 0.0852. The van der Waals surface area contributed by atoms with Crippen molar-refractivity contribution in [3.63, 3.8) is 0 Å². The fourth-order valence-corrected chi connectivity index (χ4v) is 3.04. The van der Waals surface area contributed by atoms with Crippen LogP contribution >= 0.6 is 0 Å². The van der Waals surface area contributed by atoms with Gasteiger partial charge in [0, 0.05) is 6.04 Å². The summed E-state index contributed by atoms with van der Waals surface area (Å²) in [7, 11) is 3.31. The van der Waals surface area contributed by atoms with Gasteiger partial charge in [0.2, 0.25) is 0 Å². The number of rotatable bonds is 7. The summed E-state index contributed by atoms with van der Waals surface area (Å²) in [5, 5.41) is 13.1. The van der Waals surface area contributed by atoms with Crippen molar-refractivity contribution < 1.29 is 14.6 Å². The molecule has 1 saturated carbocycles. The molecule has 2 rings (SSSR count). The van der Waals surface area contributed by atoms with Crippen LogP contribution in [0.15, 0.2) is 18.2 Å². The smallest absolute Gasteiger partial charge is 0.160 e. The van der Waals surface area contributed by atoms with Gasteiger partial charge in [0.15, 0.2) is 11.5 Å². The van der Waals surface area contributed by atoms with Gasteiger partial charge >= 0.3 is 0 Å². The van der Waals surface area contributed by atoms with E-state index in [9.17, 15) is 5.11 Å². The standard InChI is InChI=1S/C17H27NO3/c1-12(18-11-14-4-6-15(19)9-14)8-13-5-7-16(20-2)17(10-13)21-3/h5,7,10,12,14-15,18-19H,4,6,8-9,11H2,1-3H3. The quantitative estimate of drug-likeness (QED) is 0.810. The minimum atomic E-state index is -0.0852. The highest BCUT2D eigenvalue weighted by atomic mass is 16.5. The Morgan fingerprint density at radius 2 is 2.00 bits per heavy atom. The van der Waals surface area contributed by atoms with Gasteiger partial charge in [0.1, 0.15) is 0 Å². The molecule has 21 heavy (non-hydrogen) atoms. The summed E-state index contributed by atoms with van der Waals surface area (Å²) in [6.07, 6.45) is 3.90. The summed E-state index contributed by atoms with van der Waals surface area (Å²) in [4.78, 5) is 0. The van der Waals surface area contributed by atoms with Gasteiger partial charge < -0.3 is 19.9 Å². The van der Waals surface area contributed by atoms with Crippen LogP contribution in [0.5, 0.6) is 11.5 Å². The van der Waals surface area contributed by atoms with Crippen molar-refractivity contribution in [1.29, 1.82) is 0 Å². The Kier molecular flexibility index (Phi) is 5.88. The first-order valence-corrected chi connectivity index (χ1v) is 7.74. The van der Waals surface area contributed by atoms with Crippen LogP contribution in [0.3, 0.4) is 0 Å². The lowest BCUT2D eigenvalue weighted by Crippen LogP contribution is -2.32. The third-order valence-corrected chi connectivity index (χ3v) is 4.26. The number of nitrogens with one attached hydrogen (secondary N) is 1. The van der Waals surface area contributed by atoms with E-state index in [0.717, 1.165) is 43.7 Å². The molecule has 4 heteroatoms. The van der Waals surface area contributed by atoms with Crippen molar-refractivity contribution in [2.75, 3.05) is 20.8 Å². The number of benzene rings is 1. The Morgan fingerprint density at radius 1 is 1.24 bits per heavy atom. The van der Waals surface area contributed by atoms with E-state index >= 15 is 0 Å². The lowest BCUT2D eigenvalue weighted by molar-refractivity contribution is 0.177. The number of hydrogen-bond donors (Lipinski definition) is 2. The summed E-state index contributed by atoms with van der Waals surface area (Å²) in [5.41, 5.74) is 1.24. The second kappa shape index (κ2) is 7.66. The van der Waals surface area contributed by atoms with Crippen LogP contribution in [0.25, 0.3) is 0 Å². The van der Waals surface area contributed by atoms with E-state index in [2.05, 4.69) is 18.3 Å². The van der Waals surface area contributed by atoms with Gasteiger partial charge in [-0.25, -0.2) is 0 Å². The van der Waals surface area contributed by atoms with Crippen molar-refractivity contribution >= 4 is 0 Å². The summed E-state index contributed by atoms with van der Waals surface area (Å²) in [6.45, 7) is 3.19. The molecule has 0 saturated heterocycles. The predicted octanol–water partition coefficient (Wildman–Crippen LogP) is 2.39. The first-order valence-electron chi connectivity index (χ1n) is 7.74. The Balaban J connectivity index is 1.83. The third kappa shape index (κ3) is 4.61. The first-order chi connectivity index (χ1) is 10.1. The monoisotopic (exact) mass is 293 g/mol. The average molecular weight is 293 g/mol. The number of ether oxygens (including phenoxy) is 2. The number of hydrogen-bond acceptors (Lipinski definition) is 4. The van der Waals surface area contributed by atoms with E-state index in [1.807, 2.05) is 12.1 Å². The zero-order valence-electron chi connectivity index (χ0n) is 13.3. The van der Waals surface area contributed by atoms with Crippen molar-refractivity contribution in [2.45, 2.75) is 44.8 Å². The first kappa shape index (κ1) is 16.1. The molecule has 2 N–H and O–H groups in total. The molecule has 1 aliphatic carbocycles. The van der Waals surface area contributed by atoms with E-state index < -0.39 is 0 Å². The molecule has 0 bridgehead atoms. The normalized spacial score (nSPS) is 23.0. The molecule has 1 aromatic rings. The third-order valence-electron chi connectivity index (χ3n) is 4.26. The van der Waals surface area contributed by atoms with Crippen LogP contribution in [-0.2, 0) is 6.42 Å². The molecule has 4 nitrogen and oxygen atoms in total. The Morgan fingerprint density at radius 3 is 2.62 bits per heavy atom. The van der Waals surface area contributed by atoms with Gasteiger partial charge in [-0.2, -0.15) is 0 Å². The van der Waals surface area contributed by atoms with E-state index in [1.54, 1.807) is 14.2 Å². The van der Waals surface area contributed by atoms with Crippen molar-refractivity contribution in [3.8, 4) is 11.5 Å². The highest BCUT2D eigenvalue weighted by Gasteiger charge is 2.22. The fraction of sp³-hybridized carbons (Fsp3) is 0.647. The zero-order valence-corrected chi connectivity index (χ0v) is 13.3. The van der Waals surface area contributed by atoms with Gasteiger partial charge in [-0.05, 0) is 62.8 Å². The SMILES string of the molecule is COc1ccc(CC(C)NCC2CCC(O)C2)cc1OC. The van der Waals surface area contributed by atoms with Crippen molar-refractivity contribution in [1.82, 2.24) is 5.32 Å². The highest BCUT2D eigenvalue weighted by molar-refractivity contribution is 5.43. The molecule has 0 spiro atoms. The molecule has 118 valence electrons. The van der Waals surface area contributed by atoms with Gasteiger partial charge in [-0.3, -0.25) is 0 Å². The van der Waals surface area contributed by atoms with Gasteiger partial charge in [-0.1, -0.05) is 6.07 Å². The summed E-state index contributed by atoms with van der Waals surface area (Å²) < 4.78 is 10.6. The van der Waals surface area contributed by atoms with Gasteiger partial charge in [0.05, 0.1) is 20.3 Å². The molecule has 0 radical (unpaired) electrons. The van der Waals surface area contributed by atoms with Crippen LogP contribution in [-0.4, -0.2) is 38.0 Å². The van der Waals surface area contributed by atoms with E-state index in [1.165, 1.54) is 5.56 Å². The highest BCUT2D eigenvalue weighted by Crippen LogP contribution is 2.28. The van der Waals surface area contributed by atoms with Crippen LogP contribution in [0.4, 0.5) is 0 Å². The Bertz CT molecular complexity index is 450. The number of aliphatic hydroxyl groups excluding tert-OH is 1. The maximum absolute atomic E-state index is 9.55. The van der Waals surface area contributed by atoms with Crippen molar-refractivity contribution in [2.24, 2.45) is 5.92 Å². The fourth-order valence-electron chi connectivity index (χ4n) is 3.04.